The van der Waals surface area contributed by atoms with Crippen molar-refractivity contribution in [2.24, 2.45) is 0 Å². The summed E-state index contributed by atoms with van der Waals surface area (Å²) in [4.78, 5) is 22.0. The molecule has 0 aliphatic rings. The zero-order chi connectivity index (χ0) is 42.9. The molecule has 0 fully saturated rings. The molecule has 0 atom stereocenters. The number of hydrogen-bond acceptors (Lipinski definition) is 17. The minimum atomic E-state index is -0.485. The van der Waals surface area contributed by atoms with Gasteiger partial charge in [0.05, 0.1) is 121 Å². The van der Waals surface area contributed by atoms with Crippen LogP contribution in [0.5, 0.6) is 23.0 Å². The van der Waals surface area contributed by atoms with Crippen LogP contribution in [-0.2, 0) is 55.5 Å². The van der Waals surface area contributed by atoms with Crippen molar-refractivity contribution >= 4 is 12.1 Å². The van der Waals surface area contributed by atoms with E-state index in [4.69, 9.17) is 62.3 Å². The highest BCUT2D eigenvalue weighted by molar-refractivity contribution is 5.67. The molecule has 2 aromatic rings. The van der Waals surface area contributed by atoms with Crippen LogP contribution in [-0.4, -0.2) is 177 Å². The summed E-state index contributed by atoms with van der Waals surface area (Å²) in [5.41, 5.74) is 2.26. The van der Waals surface area contributed by atoms with Gasteiger partial charge in [0.1, 0.15) is 13.2 Å². The minimum Gasteiger partial charge on any atom is -0.493 e. The number of benzene rings is 2. The average molecular weight is 833 g/mol. The zero-order valence-electron chi connectivity index (χ0n) is 35.2. The molecule has 0 radical (unpaired) electrons. The van der Waals surface area contributed by atoms with Crippen molar-refractivity contribution in [1.29, 1.82) is 0 Å². The molecule has 2 aromatic carbocycles. The molecule has 0 saturated heterocycles. The Bertz CT molecular complexity index is 1270. The topological polar surface area (TPSA) is 209 Å². The summed E-state index contributed by atoms with van der Waals surface area (Å²) in [5, 5.41) is 22.7. The second-order valence-electron chi connectivity index (χ2n) is 11.5. The number of carbonyl (C=O) groups is 2. The van der Waals surface area contributed by atoms with Crippen molar-refractivity contribution in [3.8, 4) is 23.0 Å². The first-order chi connectivity index (χ1) is 28.3. The molecule has 0 unspecified atom stereocenters. The number of aliphatic hydroxyl groups excluding tert-OH is 2. The Morgan fingerprint density at radius 2 is 0.862 bits per heavy atom. The lowest BCUT2D eigenvalue weighted by atomic mass is 10.1. The van der Waals surface area contributed by atoms with E-state index in [9.17, 15) is 9.59 Å². The van der Waals surface area contributed by atoms with E-state index in [-0.39, 0.29) is 32.4 Å². The van der Waals surface area contributed by atoms with Crippen LogP contribution in [0.25, 0.3) is 0 Å². The lowest BCUT2D eigenvalue weighted by Gasteiger charge is -2.10. The molecule has 4 N–H and O–H groups in total. The van der Waals surface area contributed by atoms with Crippen LogP contribution in [0.15, 0.2) is 36.4 Å². The molecular weight excluding hydrogens is 764 g/mol. The number of ether oxygens (including phenoxy) is 12. The number of amides is 1. The molecule has 18 nitrogen and oxygen atoms in total. The second kappa shape index (κ2) is 39.8. The number of hydrogen-bond donors (Lipinski definition) is 4. The molecule has 58 heavy (non-hydrogen) atoms. The summed E-state index contributed by atoms with van der Waals surface area (Å²) in [5.74, 6) is 2.59. The molecule has 334 valence electrons. The molecule has 0 heterocycles. The fourth-order valence-corrected chi connectivity index (χ4v) is 4.35. The van der Waals surface area contributed by atoms with Crippen LogP contribution in [0.4, 0.5) is 4.79 Å². The van der Waals surface area contributed by atoms with Crippen molar-refractivity contribution in [1.82, 2.24) is 10.6 Å². The maximum Gasteiger partial charge on any atom is 0.407 e. The molecular formula is C40H68N2O16. The van der Waals surface area contributed by atoms with E-state index >= 15 is 0 Å². The highest BCUT2D eigenvalue weighted by Crippen LogP contribution is 2.28. The van der Waals surface area contributed by atoms with Gasteiger partial charge in [-0.15, -0.1) is 0 Å². The normalized spacial score (nSPS) is 10.3. The Morgan fingerprint density at radius 1 is 0.500 bits per heavy atom. The SMILES string of the molecule is CC(=O)OCCOCCOCCOCCO.CNCCc1ccc(OC)c(OC)c1.COc1ccc(CCNC(=O)OCCOCCOCCOCCO)cc1OC. The summed E-state index contributed by atoms with van der Waals surface area (Å²) < 4.78 is 61.4. The fraction of sp³-hybridized carbons (Fsp3) is 0.650. The summed E-state index contributed by atoms with van der Waals surface area (Å²) >= 11 is 0. The van der Waals surface area contributed by atoms with Gasteiger partial charge >= 0.3 is 12.1 Å². The first-order valence-electron chi connectivity index (χ1n) is 19.1. The monoisotopic (exact) mass is 832 g/mol. The molecule has 0 aliphatic carbocycles. The highest BCUT2D eigenvalue weighted by atomic mass is 16.6. The van der Waals surface area contributed by atoms with Crippen LogP contribution in [0, 0.1) is 0 Å². The standard InChI is InChI=1S/C19H31NO8.C11H17NO2.C10H20O6/c1-23-17-4-3-16(15-18(17)24-2)5-6-20-19(22)28-14-13-27-12-11-26-10-9-25-8-7-21;1-12-7-6-9-4-5-10(13-2)11(8-9)14-3;1-10(12)16-9-8-15-7-6-14-5-4-13-3-2-11/h3-4,15,21H,5-14H2,1-2H3,(H,20,22);4-5,8,12H,6-7H2,1-3H3;11H,2-9H2,1H3. The number of rotatable bonds is 32. The van der Waals surface area contributed by atoms with Crippen molar-refractivity contribution in [2.45, 2.75) is 19.8 Å². The maximum atomic E-state index is 11.6. The van der Waals surface area contributed by atoms with Gasteiger partial charge in [-0.05, 0) is 61.8 Å². The third-order valence-electron chi connectivity index (χ3n) is 7.20. The predicted molar refractivity (Wildman–Crippen MR) is 215 cm³/mol. The van der Waals surface area contributed by atoms with Gasteiger partial charge in [-0.25, -0.2) is 4.79 Å². The molecule has 0 spiro atoms. The molecule has 18 heteroatoms. The third kappa shape index (κ3) is 31.1. The highest BCUT2D eigenvalue weighted by Gasteiger charge is 2.07. The van der Waals surface area contributed by atoms with Crippen LogP contribution >= 0.6 is 0 Å². The zero-order valence-corrected chi connectivity index (χ0v) is 35.2. The Kier molecular flexibility index (Phi) is 37.1. The van der Waals surface area contributed by atoms with Gasteiger partial charge in [-0.3, -0.25) is 4.79 Å². The molecule has 1 amide bonds. The van der Waals surface area contributed by atoms with E-state index in [0.29, 0.717) is 104 Å². The number of likely N-dealkylation sites (N-methyl/N-ethyl adjacent to an activating group) is 1. The Labute approximate surface area is 343 Å². The summed E-state index contributed by atoms with van der Waals surface area (Å²) in [7, 11) is 8.41. The summed E-state index contributed by atoms with van der Waals surface area (Å²) in [6.07, 6.45) is 1.16. The van der Waals surface area contributed by atoms with E-state index in [1.54, 1.807) is 28.4 Å². The minimum absolute atomic E-state index is 0.00686. The van der Waals surface area contributed by atoms with Gasteiger partial charge in [0.2, 0.25) is 0 Å². The van der Waals surface area contributed by atoms with Crippen molar-refractivity contribution in [2.75, 3.05) is 154 Å². The van der Waals surface area contributed by atoms with Gasteiger partial charge in [-0.1, -0.05) is 12.1 Å². The number of alkyl carbamates (subject to hydrolysis) is 1. The first-order valence-corrected chi connectivity index (χ1v) is 19.1. The smallest absolute Gasteiger partial charge is 0.407 e. The van der Waals surface area contributed by atoms with Crippen molar-refractivity contribution in [3.63, 3.8) is 0 Å². The number of esters is 1. The Hall–Kier alpha value is -3.98. The van der Waals surface area contributed by atoms with E-state index in [1.165, 1.54) is 12.5 Å². The summed E-state index contributed by atoms with van der Waals surface area (Å²) in [6, 6.07) is 11.6. The van der Waals surface area contributed by atoms with Crippen LogP contribution in [0.2, 0.25) is 0 Å². The van der Waals surface area contributed by atoms with Crippen molar-refractivity contribution in [3.05, 3.63) is 47.5 Å². The van der Waals surface area contributed by atoms with E-state index < -0.39 is 6.09 Å². The second-order valence-corrected chi connectivity index (χ2v) is 11.5. The number of carbonyl (C=O) groups excluding carboxylic acids is 2. The van der Waals surface area contributed by atoms with Crippen molar-refractivity contribution < 1.29 is 76.6 Å². The Balaban J connectivity index is 0.000000917. The largest absolute Gasteiger partial charge is 0.493 e. The van der Waals surface area contributed by atoms with E-state index in [0.717, 1.165) is 30.0 Å². The molecule has 0 aromatic heterocycles. The van der Waals surface area contributed by atoms with Gasteiger partial charge in [0.25, 0.3) is 0 Å². The number of aliphatic hydroxyl groups is 2. The quantitative estimate of drug-likeness (QED) is 0.0615. The predicted octanol–water partition coefficient (Wildman–Crippen LogP) is 2.07. The Morgan fingerprint density at radius 3 is 1.22 bits per heavy atom. The average Bonchev–Trinajstić information content (AvgIpc) is 3.24. The van der Waals surface area contributed by atoms with Crippen LogP contribution < -0.4 is 29.6 Å². The van der Waals surface area contributed by atoms with E-state index in [1.807, 2.05) is 37.4 Å². The third-order valence-corrected chi connectivity index (χ3v) is 7.20. The van der Waals surface area contributed by atoms with E-state index in [2.05, 4.69) is 21.4 Å². The molecule has 0 aliphatic heterocycles. The lowest BCUT2D eigenvalue weighted by molar-refractivity contribution is -0.142. The first kappa shape index (κ1) is 54.0. The molecule has 0 bridgehead atoms. The maximum absolute atomic E-state index is 11.6. The number of methoxy groups -OCH3 is 4. The molecule has 2 rings (SSSR count). The van der Waals surface area contributed by atoms with Crippen LogP contribution in [0.3, 0.4) is 0 Å². The summed E-state index contributed by atoms with van der Waals surface area (Å²) in [6.45, 7) is 8.17. The van der Waals surface area contributed by atoms with Gasteiger partial charge in [0, 0.05) is 13.5 Å². The fourth-order valence-electron chi connectivity index (χ4n) is 4.35. The van der Waals surface area contributed by atoms with Gasteiger partial charge in [-0.2, -0.15) is 0 Å². The lowest BCUT2D eigenvalue weighted by Crippen LogP contribution is -2.27. The van der Waals surface area contributed by atoms with Gasteiger partial charge in [0.15, 0.2) is 23.0 Å². The van der Waals surface area contributed by atoms with Gasteiger partial charge < -0.3 is 77.7 Å². The number of nitrogens with one attached hydrogen (secondary N) is 2. The molecule has 0 saturated carbocycles. The van der Waals surface area contributed by atoms with Crippen LogP contribution in [0.1, 0.15) is 18.1 Å².